The van der Waals surface area contributed by atoms with E-state index in [0.29, 0.717) is 5.69 Å². The summed E-state index contributed by atoms with van der Waals surface area (Å²) in [5.74, 6) is 3.08. The van der Waals surface area contributed by atoms with E-state index in [4.69, 9.17) is 0 Å². The molecule has 0 atom stereocenters. The van der Waals surface area contributed by atoms with E-state index in [-0.39, 0.29) is 12.0 Å². The lowest BCUT2D eigenvalue weighted by atomic mass is 10.2. The fourth-order valence-electron chi connectivity index (χ4n) is 2.08. The van der Waals surface area contributed by atoms with Crippen molar-refractivity contribution in [1.82, 2.24) is 9.78 Å². The molecule has 122 valence electrons. The van der Waals surface area contributed by atoms with Crippen molar-refractivity contribution >= 4 is 8.07 Å². The maximum atomic E-state index is 13.3. The third kappa shape index (κ3) is 4.26. The van der Waals surface area contributed by atoms with Gasteiger partial charge in [0.05, 0.1) is 11.9 Å². The minimum absolute atomic E-state index is 0.195. The van der Waals surface area contributed by atoms with E-state index in [0.717, 1.165) is 10.2 Å². The fourth-order valence-corrected chi connectivity index (χ4v) is 2.60. The first kappa shape index (κ1) is 17.4. The van der Waals surface area contributed by atoms with Gasteiger partial charge in [0, 0.05) is 11.1 Å². The molecule has 1 heterocycles. The normalized spacial score (nSPS) is 12.0. The van der Waals surface area contributed by atoms with Gasteiger partial charge in [-0.25, -0.2) is 4.68 Å². The van der Waals surface area contributed by atoms with E-state index in [9.17, 15) is 13.2 Å². The van der Waals surface area contributed by atoms with Crippen molar-refractivity contribution in [2.75, 3.05) is 0 Å². The van der Waals surface area contributed by atoms with Gasteiger partial charge in [-0.3, -0.25) is 0 Å². The molecule has 1 aromatic carbocycles. The molecule has 0 saturated carbocycles. The summed E-state index contributed by atoms with van der Waals surface area (Å²) in [6.45, 7) is 8.10. The maximum Gasteiger partial charge on any atom is 0.433 e. The number of benzene rings is 1. The van der Waals surface area contributed by atoms with Crippen LogP contribution < -0.4 is 0 Å². The number of hydrogen-bond donors (Lipinski definition) is 0. The van der Waals surface area contributed by atoms with Crippen LogP contribution in [0.3, 0.4) is 0 Å². The lowest BCUT2D eigenvalue weighted by Crippen LogP contribution is -2.16. The van der Waals surface area contributed by atoms with E-state index >= 15 is 0 Å². The monoisotopic (exact) mass is 336 g/mol. The largest absolute Gasteiger partial charge is 0.433 e. The quantitative estimate of drug-likeness (QED) is 0.575. The summed E-state index contributed by atoms with van der Waals surface area (Å²) in [6.07, 6.45) is -2.87. The number of halogens is 3. The number of rotatable bonds is 2. The molecule has 0 spiro atoms. The molecule has 0 amide bonds. The number of alkyl halides is 3. The molecule has 0 unspecified atom stereocenters. The molecule has 0 radical (unpaired) electrons. The lowest BCUT2D eigenvalue weighted by Gasteiger charge is -2.12. The predicted octanol–water partition coefficient (Wildman–Crippen LogP) is 4.68. The Kier molecular flexibility index (Phi) is 4.71. The lowest BCUT2D eigenvalue weighted by molar-refractivity contribution is -0.143. The van der Waals surface area contributed by atoms with Crippen molar-refractivity contribution in [1.29, 1.82) is 0 Å². The number of aromatic nitrogens is 2. The topological polar surface area (TPSA) is 17.8 Å². The minimum atomic E-state index is -4.43. The van der Waals surface area contributed by atoms with Crippen LogP contribution in [0.4, 0.5) is 13.2 Å². The highest BCUT2D eigenvalue weighted by molar-refractivity contribution is 6.83. The van der Waals surface area contributed by atoms with Gasteiger partial charge in [0.25, 0.3) is 0 Å². The van der Waals surface area contributed by atoms with Gasteiger partial charge in [-0.2, -0.15) is 18.3 Å². The Labute approximate surface area is 135 Å². The first-order chi connectivity index (χ1) is 10.6. The van der Waals surface area contributed by atoms with E-state index in [2.05, 4.69) is 36.2 Å². The smallest absolute Gasteiger partial charge is 0.228 e. The Balaban J connectivity index is 2.41. The van der Waals surface area contributed by atoms with E-state index < -0.39 is 19.9 Å². The summed E-state index contributed by atoms with van der Waals surface area (Å²) in [7, 11) is -1.48. The highest BCUT2D eigenvalue weighted by Gasteiger charge is 2.38. The highest BCUT2D eigenvalue weighted by atomic mass is 28.3. The molecule has 23 heavy (non-hydrogen) atoms. The minimum Gasteiger partial charge on any atom is -0.228 e. The Hall–Kier alpha value is -2.00. The predicted molar refractivity (Wildman–Crippen MR) is 88.2 cm³/mol. The molecule has 0 bridgehead atoms. The standard InChI is InChI=1S/C17H19F3N2Si/c1-5-14-12-21-22(16(14)17(18,19)20)15-8-6-13(7-9-15)10-11-23(2,3)4/h6-9,12H,5H2,1-4H3. The number of nitrogens with zero attached hydrogens (tertiary/aromatic N) is 2. The van der Waals surface area contributed by atoms with Gasteiger partial charge in [-0.15, -0.1) is 5.54 Å². The Bertz CT molecular complexity index is 741. The zero-order chi connectivity index (χ0) is 17.3. The zero-order valence-electron chi connectivity index (χ0n) is 13.6. The summed E-state index contributed by atoms with van der Waals surface area (Å²) in [4.78, 5) is 0. The van der Waals surface area contributed by atoms with Gasteiger partial charge in [0.2, 0.25) is 0 Å². The van der Waals surface area contributed by atoms with Crippen LogP contribution in [0.25, 0.3) is 5.69 Å². The van der Waals surface area contributed by atoms with Crippen LogP contribution in [-0.4, -0.2) is 17.9 Å². The summed E-state index contributed by atoms with van der Waals surface area (Å²) in [6, 6.07) is 6.71. The van der Waals surface area contributed by atoms with Gasteiger partial charge < -0.3 is 0 Å². The molecule has 6 heteroatoms. The molecule has 0 saturated heterocycles. The SMILES string of the molecule is CCc1cnn(-c2ccc(C#C[Si](C)(C)C)cc2)c1C(F)(F)F. The van der Waals surface area contributed by atoms with Crippen molar-refractivity contribution in [2.45, 2.75) is 39.2 Å². The first-order valence-corrected chi connectivity index (χ1v) is 10.9. The molecule has 0 N–H and O–H groups in total. The number of hydrogen-bond acceptors (Lipinski definition) is 1. The van der Waals surface area contributed by atoms with Gasteiger partial charge in [0.15, 0.2) is 5.69 Å². The fraction of sp³-hybridized carbons (Fsp3) is 0.353. The summed E-state index contributed by atoms with van der Waals surface area (Å²) >= 11 is 0. The summed E-state index contributed by atoms with van der Waals surface area (Å²) < 4.78 is 40.8. The van der Waals surface area contributed by atoms with Crippen LogP contribution in [0.1, 0.15) is 23.7 Å². The van der Waals surface area contributed by atoms with Crippen LogP contribution in [0.5, 0.6) is 0 Å². The summed E-state index contributed by atoms with van der Waals surface area (Å²) in [5, 5.41) is 3.91. The molecule has 0 aliphatic heterocycles. The van der Waals surface area contributed by atoms with Crippen molar-refractivity contribution in [3.05, 3.63) is 47.3 Å². The molecule has 2 nitrogen and oxygen atoms in total. The van der Waals surface area contributed by atoms with Crippen LogP contribution in [-0.2, 0) is 12.6 Å². The van der Waals surface area contributed by atoms with E-state index in [1.165, 1.54) is 6.20 Å². The Morgan fingerprint density at radius 3 is 2.22 bits per heavy atom. The second kappa shape index (κ2) is 6.24. The first-order valence-electron chi connectivity index (χ1n) is 7.39. The third-order valence-electron chi connectivity index (χ3n) is 3.19. The van der Waals surface area contributed by atoms with E-state index in [1.54, 1.807) is 31.2 Å². The third-order valence-corrected chi connectivity index (χ3v) is 4.06. The maximum absolute atomic E-state index is 13.3. The molecule has 0 aliphatic rings. The van der Waals surface area contributed by atoms with Gasteiger partial charge >= 0.3 is 6.18 Å². The molecule has 2 rings (SSSR count). The molecular weight excluding hydrogens is 317 g/mol. The average molecular weight is 336 g/mol. The van der Waals surface area contributed by atoms with Crippen LogP contribution in [0, 0.1) is 11.5 Å². The Morgan fingerprint density at radius 1 is 1.13 bits per heavy atom. The molecule has 0 aliphatic carbocycles. The molecular formula is C17H19F3N2Si. The van der Waals surface area contributed by atoms with Crippen molar-refractivity contribution in [2.24, 2.45) is 0 Å². The van der Waals surface area contributed by atoms with Crippen molar-refractivity contribution in [3.63, 3.8) is 0 Å². The zero-order valence-corrected chi connectivity index (χ0v) is 14.6. The van der Waals surface area contributed by atoms with Gasteiger partial charge in [-0.1, -0.05) is 32.5 Å². The Morgan fingerprint density at radius 2 is 1.74 bits per heavy atom. The molecule has 1 aromatic heterocycles. The molecule has 2 aromatic rings. The van der Waals surface area contributed by atoms with Crippen molar-refractivity contribution in [3.8, 4) is 17.2 Å². The molecule has 0 fully saturated rings. The second-order valence-electron chi connectivity index (χ2n) is 6.33. The van der Waals surface area contributed by atoms with Gasteiger partial charge in [0.1, 0.15) is 8.07 Å². The van der Waals surface area contributed by atoms with Crippen LogP contribution in [0.2, 0.25) is 19.6 Å². The van der Waals surface area contributed by atoms with E-state index in [1.807, 2.05) is 0 Å². The summed E-state index contributed by atoms with van der Waals surface area (Å²) in [5.41, 5.74) is 3.90. The van der Waals surface area contributed by atoms with Gasteiger partial charge in [-0.05, 0) is 30.7 Å². The van der Waals surface area contributed by atoms with Crippen LogP contribution >= 0.6 is 0 Å². The average Bonchev–Trinajstić information content (AvgIpc) is 2.89. The second-order valence-corrected chi connectivity index (χ2v) is 11.1. The highest BCUT2D eigenvalue weighted by Crippen LogP contribution is 2.33. The van der Waals surface area contributed by atoms with Crippen molar-refractivity contribution < 1.29 is 13.2 Å². The number of aryl methyl sites for hydroxylation is 1. The van der Waals surface area contributed by atoms with Crippen LogP contribution in [0.15, 0.2) is 30.5 Å².